The second-order valence-corrected chi connectivity index (χ2v) is 7.15. The van der Waals surface area contributed by atoms with E-state index in [9.17, 15) is 0 Å². The van der Waals surface area contributed by atoms with Gasteiger partial charge in [0.05, 0.1) is 13.2 Å². The lowest BCUT2D eigenvalue weighted by atomic mass is 9.94. The molecule has 1 aliphatic heterocycles. The summed E-state index contributed by atoms with van der Waals surface area (Å²) in [6.45, 7) is 3.64. The smallest absolute Gasteiger partial charge is 0.0623 e. The molecule has 4 nitrogen and oxygen atoms in total. The lowest BCUT2D eigenvalue weighted by Gasteiger charge is -2.33. The Balaban J connectivity index is 1.34. The van der Waals surface area contributed by atoms with Crippen LogP contribution in [0.15, 0.2) is 48.8 Å². The van der Waals surface area contributed by atoms with Crippen molar-refractivity contribution >= 4 is 0 Å². The van der Waals surface area contributed by atoms with Crippen LogP contribution >= 0.6 is 0 Å². The average molecular weight is 337 g/mol. The first kappa shape index (κ1) is 16.7. The standard InChI is InChI=1S/C21H27N3O/c1-2-19(21-15-25-13-12-23-21)20(3-1)24-14-16-4-6-17(7-5-16)18-8-10-22-11-9-18/h4-11,19-21,23-24H,1-3,12-15H2. The molecule has 2 heterocycles. The van der Waals surface area contributed by atoms with E-state index in [-0.39, 0.29) is 0 Å². The van der Waals surface area contributed by atoms with Gasteiger partial charge in [-0.2, -0.15) is 0 Å². The van der Waals surface area contributed by atoms with Crippen LogP contribution < -0.4 is 10.6 Å². The SMILES string of the molecule is c1cc(-c2ccc(CNC3CCCC3C3COCCN3)cc2)ccn1. The first-order valence-corrected chi connectivity index (χ1v) is 9.44. The molecule has 1 saturated heterocycles. The van der Waals surface area contributed by atoms with Crippen LogP contribution in [-0.2, 0) is 11.3 Å². The van der Waals surface area contributed by atoms with Gasteiger partial charge in [-0.15, -0.1) is 0 Å². The molecule has 1 saturated carbocycles. The van der Waals surface area contributed by atoms with Crippen molar-refractivity contribution < 1.29 is 4.74 Å². The molecule has 25 heavy (non-hydrogen) atoms. The fourth-order valence-electron chi connectivity index (χ4n) is 4.19. The van der Waals surface area contributed by atoms with E-state index in [0.29, 0.717) is 18.0 Å². The number of pyridine rings is 1. The van der Waals surface area contributed by atoms with Crippen molar-refractivity contribution in [1.82, 2.24) is 15.6 Å². The highest BCUT2D eigenvalue weighted by Crippen LogP contribution is 2.30. The minimum Gasteiger partial charge on any atom is -0.379 e. The summed E-state index contributed by atoms with van der Waals surface area (Å²) in [5.74, 6) is 0.691. The van der Waals surface area contributed by atoms with Gasteiger partial charge in [0, 0.05) is 37.6 Å². The Kier molecular flexibility index (Phi) is 5.40. The number of hydrogen-bond donors (Lipinski definition) is 2. The largest absolute Gasteiger partial charge is 0.379 e. The molecule has 1 aromatic heterocycles. The van der Waals surface area contributed by atoms with E-state index in [1.807, 2.05) is 12.4 Å². The molecule has 1 aliphatic carbocycles. The van der Waals surface area contributed by atoms with E-state index in [4.69, 9.17) is 4.74 Å². The summed E-state index contributed by atoms with van der Waals surface area (Å²) < 4.78 is 5.67. The number of aromatic nitrogens is 1. The van der Waals surface area contributed by atoms with Crippen molar-refractivity contribution in [2.24, 2.45) is 5.92 Å². The summed E-state index contributed by atoms with van der Waals surface area (Å²) in [5.41, 5.74) is 3.80. The van der Waals surface area contributed by atoms with Crippen molar-refractivity contribution in [2.45, 2.75) is 37.9 Å². The summed E-state index contributed by atoms with van der Waals surface area (Å²) in [6.07, 6.45) is 7.58. The quantitative estimate of drug-likeness (QED) is 0.880. The van der Waals surface area contributed by atoms with Crippen LogP contribution in [0.3, 0.4) is 0 Å². The van der Waals surface area contributed by atoms with Crippen LogP contribution in [0.4, 0.5) is 0 Å². The van der Waals surface area contributed by atoms with Crippen molar-refractivity contribution in [1.29, 1.82) is 0 Å². The Hall–Kier alpha value is -1.75. The van der Waals surface area contributed by atoms with E-state index in [2.05, 4.69) is 52.0 Å². The molecule has 2 aliphatic rings. The molecule has 4 heteroatoms. The molecule has 2 aromatic rings. The van der Waals surface area contributed by atoms with E-state index in [1.54, 1.807) is 0 Å². The van der Waals surface area contributed by atoms with Crippen LogP contribution in [0.2, 0.25) is 0 Å². The third-order valence-corrected chi connectivity index (χ3v) is 5.57. The highest BCUT2D eigenvalue weighted by atomic mass is 16.5. The first-order chi connectivity index (χ1) is 12.4. The summed E-state index contributed by atoms with van der Waals surface area (Å²) >= 11 is 0. The molecular formula is C21H27N3O. The normalized spacial score (nSPS) is 26.6. The predicted octanol–water partition coefficient (Wildman–Crippen LogP) is 3.00. The minimum atomic E-state index is 0.516. The van der Waals surface area contributed by atoms with Gasteiger partial charge in [0.25, 0.3) is 0 Å². The van der Waals surface area contributed by atoms with E-state index < -0.39 is 0 Å². The fraction of sp³-hybridized carbons (Fsp3) is 0.476. The monoisotopic (exact) mass is 337 g/mol. The van der Waals surface area contributed by atoms with Crippen LogP contribution in [0.25, 0.3) is 11.1 Å². The maximum Gasteiger partial charge on any atom is 0.0623 e. The number of hydrogen-bond acceptors (Lipinski definition) is 4. The van der Waals surface area contributed by atoms with Crippen molar-refractivity contribution in [2.75, 3.05) is 19.8 Å². The Bertz CT molecular complexity index is 653. The number of benzene rings is 1. The highest BCUT2D eigenvalue weighted by Gasteiger charge is 2.34. The Morgan fingerprint density at radius 3 is 2.60 bits per heavy atom. The minimum absolute atomic E-state index is 0.516. The molecule has 0 radical (unpaired) electrons. The average Bonchev–Trinajstić information content (AvgIpc) is 3.17. The molecule has 0 bridgehead atoms. The number of nitrogens with zero attached hydrogens (tertiary/aromatic N) is 1. The summed E-state index contributed by atoms with van der Waals surface area (Å²) in [6, 6.07) is 14.1. The molecular weight excluding hydrogens is 310 g/mol. The van der Waals surface area contributed by atoms with Crippen molar-refractivity contribution in [3.63, 3.8) is 0 Å². The zero-order valence-electron chi connectivity index (χ0n) is 14.7. The maximum absolute atomic E-state index is 5.67. The summed E-state index contributed by atoms with van der Waals surface area (Å²) in [5, 5.41) is 7.44. The first-order valence-electron chi connectivity index (χ1n) is 9.44. The number of nitrogens with one attached hydrogen (secondary N) is 2. The maximum atomic E-state index is 5.67. The second kappa shape index (κ2) is 8.09. The molecule has 4 rings (SSSR count). The van der Waals surface area contributed by atoms with E-state index in [0.717, 1.165) is 26.3 Å². The Morgan fingerprint density at radius 2 is 1.84 bits per heavy atom. The predicted molar refractivity (Wildman–Crippen MR) is 100 cm³/mol. The zero-order chi connectivity index (χ0) is 16.9. The molecule has 2 N–H and O–H groups in total. The Labute approximate surface area is 150 Å². The molecule has 1 aromatic carbocycles. The van der Waals surface area contributed by atoms with Crippen molar-refractivity contribution in [3.8, 4) is 11.1 Å². The summed E-state index contributed by atoms with van der Waals surface area (Å²) in [7, 11) is 0. The van der Waals surface area contributed by atoms with Gasteiger partial charge in [-0.05, 0) is 47.6 Å². The van der Waals surface area contributed by atoms with Crippen LogP contribution in [0.5, 0.6) is 0 Å². The third kappa shape index (κ3) is 4.09. The molecule has 2 fully saturated rings. The number of rotatable bonds is 5. The molecule has 3 atom stereocenters. The van der Waals surface area contributed by atoms with E-state index in [1.165, 1.54) is 36.0 Å². The molecule has 3 unspecified atom stereocenters. The lowest BCUT2D eigenvalue weighted by Crippen LogP contribution is -2.50. The van der Waals surface area contributed by atoms with Crippen LogP contribution in [0, 0.1) is 5.92 Å². The van der Waals surface area contributed by atoms with Gasteiger partial charge in [0.15, 0.2) is 0 Å². The van der Waals surface area contributed by atoms with Crippen molar-refractivity contribution in [3.05, 3.63) is 54.4 Å². The third-order valence-electron chi connectivity index (χ3n) is 5.57. The zero-order valence-corrected chi connectivity index (χ0v) is 14.7. The van der Waals surface area contributed by atoms with Gasteiger partial charge in [0.1, 0.15) is 0 Å². The lowest BCUT2D eigenvalue weighted by molar-refractivity contribution is 0.0524. The van der Waals surface area contributed by atoms with Gasteiger partial charge in [-0.3, -0.25) is 4.98 Å². The van der Waals surface area contributed by atoms with Gasteiger partial charge < -0.3 is 15.4 Å². The Morgan fingerprint density at radius 1 is 1.04 bits per heavy atom. The molecule has 0 amide bonds. The number of ether oxygens (including phenoxy) is 1. The molecule has 0 spiro atoms. The van der Waals surface area contributed by atoms with Crippen LogP contribution in [-0.4, -0.2) is 36.8 Å². The fourth-order valence-corrected chi connectivity index (χ4v) is 4.19. The highest BCUT2D eigenvalue weighted by molar-refractivity contribution is 5.62. The van der Waals surface area contributed by atoms with Gasteiger partial charge in [0.2, 0.25) is 0 Å². The van der Waals surface area contributed by atoms with E-state index >= 15 is 0 Å². The van der Waals surface area contributed by atoms with Gasteiger partial charge >= 0.3 is 0 Å². The second-order valence-electron chi connectivity index (χ2n) is 7.15. The summed E-state index contributed by atoms with van der Waals surface area (Å²) in [4.78, 5) is 4.08. The number of morpholine rings is 1. The van der Waals surface area contributed by atoms with Gasteiger partial charge in [-0.25, -0.2) is 0 Å². The molecule has 132 valence electrons. The topological polar surface area (TPSA) is 46.2 Å². The van der Waals surface area contributed by atoms with Crippen LogP contribution in [0.1, 0.15) is 24.8 Å². The van der Waals surface area contributed by atoms with Gasteiger partial charge in [-0.1, -0.05) is 30.7 Å².